The van der Waals surface area contributed by atoms with Crippen molar-refractivity contribution in [1.82, 2.24) is 5.32 Å². The van der Waals surface area contributed by atoms with Crippen molar-refractivity contribution >= 4 is 23.8 Å². The molecule has 2 aromatic carbocycles. The fourth-order valence-corrected chi connectivity index (χ4v) is 3.61. The van der Waals surface area contributed by atoms with Crippen LogP contribution in [-0.4, -0.2) is 30.2 Å². The number of amides is 2. The van der Waals surface area contributed by atoms with Gasteiger partial charge < -0.3 is 10.4 Å². The van der Waals surface area contributed by atoms with Crippen LogP contribution < -0.4 is 10.2 Å². The number of urea groups is 1. The van der Waals surface area contributed by atoms with Crippen molar-refractivity contribution in [3.63, 3.8) is 0 Å². The van der Waals surface area contributed by atoms with Crippen molar-refractivity contribution in [1.29, 1.82) is 0 Å². The van der Waals surface area contributed by atoms with Crippen LogP contribution in [0.1, 0.15) is 44.6 Å². The number of hydrogen-bond donors (Lipinski definition) is 2. The number of carbonyl (C=O) groups is 2. The van der Waals surface area contributed by atoms with Crippen LogP contribution in [0.2, 0.25) is 0 Å². The van der Waals surface area contributed by atoms with Crippen LogP contribution in [0.15, 0.2) is 54.1 Å². The average Bonchev–Trinajstić information content (AvgIpc) is 2.74. The Morgan fingerprint density at radius 2 is 1.72 bits per heavy atom. The minimum atomic E-state index is -0.920. The van der Waals surface area contributed by atoms with E-state index in [1.165, 1.54) is 19.3 Å². The minimum absolute atomic E-state index is 0.0707. The fourth-order valence-electron chi connectivity index (χ4n) is 3.61. The van der Waals surface area contributed by atoms with E-state index < -0.39 is 5.97 Å². The zero-order valence-corrected chi connectivity index (χ0v) is 17.0. The largest absolute Gasteiger partial charge is 0.478 e. The van der Waals surface area contributed by atoms with Gasteiger partial charge in [-0.25, -0.2) is 9.59 Å². The predicted octanol–water partition coefficient (Wildman–Crippen LogP) is 5.32. The van der Waals surface area contributed by atoms with Crippen LogP contribution in [0.3, 0.4) is 0 Å². The van der Waals surface area contributed by atoms with Crippen LogP contribution in [-0.2, 0) is 4.79 Å². The van der Waals surface area contributed by atoms with Crippen molar-refractivity contribution in [3.8, 4) is 11.1 Å². The highest BCUT2D eigenvalue weighted by molar-refractivity contribution is 5.93. The first-order chi connectivity index (χ1) is 13.9. The molecule has 1 aliphatic rings. The zero-order valence-electron chi connectivity index (χ0n) is 17.0. The van der Waals surface area contributed by atoms with Crippen molar-refractivity contribution in [2.45, 2.75) is 45.1 Å². The first-order valence-electron chi connectivity index (χ1n) is 10.1. The Bertz CT molecular complexity index is 897. The molecule has 3 rings (SSSR count). The molecule has 0 bridgehead atoms. The third-order valence-corrected chi connectivity index (χ3v) is 5.44. The molecule has 0 atom stereocenters. The molecule has 0 unspecified atom stereocenters. The van der Waals surface area contributed by atoms with E-state index >= 15 is 0 Å². The van der Waals surface area contributed by atoms with Gasteiger partial charge in [0.15, 0.2) is 0 Å². The highest BCUT2D eigenvalue weighted by Crippen LogP contribution is 2.26. The molecule has 1 aliphatic carbocycles. The molecular formula is C24H28N2O3. The van der Waals surface area contributed by atoms with Gasteiger partial charge in [0.05, 0.1) is 0 Å². The second-order valence-corrected chi connectivity index (χ2v) is 7.65. The van der Waals surface area contributed by atoms with E-state index in [1.807, 2.05) is 48.5 Å². The van der Waals surface area contributed by atoms with Gasteiger partial charge in [0.1, 0.15) is 0 Å². The van der Waals surface area contributed by atoms with E-state index in [4.69, 9.17) is 5.11 Å². The molecule has 0 aromatic heterocycles. The van der Waals surface area contributed by atoms with E-state index in [2.05, 4.69) is 5.32 Å². The van der Waals surface area contributed by atoms with Crippen LogP contribution in [0.25, 0.3) is 17.2 Å². The Morgan fingerprint density at radius 1 is 1.03 bits per heavy atom. The molecule has 29 heavy (non-hydrogen) atoms. The zero-order chi connectivity index (χ0) is 20.8. The SMILES string of the molecule is C/C(=C/c1ccc(-c2cccc(N(C)C(=O)NC3CCCCC3)c2)cc1)C(=O)O. The number of carboxylic acids is 1. The van der Waals surface area contributed by atoms with E-state index in [0.29, 0.717) is 5.57 Å². The monoisotopic (exact) mass is 392 g/mol. The summed E-state index contributed by atoms with van der Waals surface area (Å²) >= 11 is 0. The van der Waals surface area contributed by atoms with Crippen LogP contribution in [0, 0.1) is 0 Å². The molecule has 2 amide bonds. The number of carboxylic acid groups (broad SMARTS) is 1. The summed E-state index contributed by atoms with van der Waals surface area (Å²) in [6.45, 7) is 1.58. The first kappa shape index (κ1) is 20.6. The molecule has 2 N–H and O–H groups in total. The molecule has 5 nitrogen and oxygen atoms in total. The summed E-state index contributed by atoms with van der Waals surface area (Å²) in [5, 5.41) is 12.1. The van der Waals surface area contributed by atoms with Gasteiger partial charge in [0, 0.05) is 24.4 Å². The Balaban J connectivity index is 1.72. The molecule has 2 aromatic rings. The van der Waals surface area contributed by atoms with Gasteiger partial charge in [-0.3, -0.25) is 4.90 Å². The molecule has 0 aliphatic heterocycles. The molecular weight excluding hydrogens is 364 g/mol. The molecule has 152 valence electrons. The standard InChI is InChI=1S/C24H28N2O3/c1-17(23(27)28)15-18-11-13-19(14-12-18)20-7-6-10-22(16-20)26(2)24(29)25-21-8-4-3-5-9-21/h6-7,10-16,21H,3-5,8-9H2,1-2H3,(H,25,29)(H,27,28)/b17-15-. The summed E-state index contributed by atoms with van der Waals surface area (Å²) in [5.41, 5.74) is 3.99. The minimum Gasteiger partial charge on any atom is -0.478 e. The summed E-state index contributed by atoms with van der Waals surface area (Å²) in [4.78, 5) is 25.2. The maximum absolute atomic E-state index is 12.6. The van der Waals surface area contributed by atoms with Gasteiger partial charge in [0.2, 0.25) is 0 Å². The van der Waals surface area contributed by atoms with Gasteiger partial charge in [0.25, 0.3) is 0 Å². The number of carbonyl (C=O) groups excluding carboxylic acids is 1. The van der Waals surface area contributed by atoms with Crippen molar-refractivity contribution in [3.05, 3.63) is 59.7 Å². The summed E-state index contributed by atoms with van der Waals surface area (Å²) in [6.07, 6.45) is 7.38. The molecule has 0 spiro atoms. The normalized spacial score (nSPS) is 15.0. The Kier molecular flexibility index (Phi) is 6.70. The van der Waals surface area contributed by atoms with Crippen LogP contribution in [0.5, 0.6) is 0 Å². The highest BCUT2D eigenvalue weighted by atomic mass is 16.4. The molecule has 1 saturated carbocycles. The number of rotatable bonds is 5. The summed E-state index contributed by atoms with van der Waals surface area (Å²) < 4.78 is 0. The number of nitrogens with one attached hydrogen (secondary N) is 1. The second-order valence-electron chi connectivity index (χ2n) is 7.65. The van der Waals surface area contributed by atoms with Gasteiger partial charge in [-0.1, -0.05) is 55.7 Å². The van der Waals surface area contributed by atoms with E-state index in [1.54, 1.807) is 24.9 Å². The Morgan fingerprint density at radius 3 is 2.38 bits per heavy atom. The predicted molar refractivity (Wildman–Crippen MR) is 117 cm³/mol. The number of aliphatic carboxylic acids is 1. The van der Waals surface area contributed by atoms with Gasteiger partial charge in [-0.15, -0.1) is 0 Å². The fraction of sp³-hybridized carbons (Fsp3) is 0.333. The first-order valence-corrected chi connectivity index (χ1v) is 10.1. The summed E-state index contributed by atoms with van der Waals surface area (Å²) in [7, 11) is 1.79. The number of anilines is 1. The summed E-state index contributed by atoms with van der Waals surface area (Å²) in [6, 6.07) is 15.8. The van der Waals surface area contributed by atoms with E-state index in [-0.39, 0.29) is 12.1 Å². The Hall–Kier alpha value is -3.08. The van der Waals surface area contributed by atoms with Crippen molar-refractivity contribution in [2.24, 2.45) is 0 Å². The molecule has 0 saturated heterocycles. The van der Waals surface area contributed by atoms with Crippen LogP contribution in [0.4, 0.5) is 10.5 Å². The van der Waals surface area contributed by atoms with Gasteiger partial charge in [-0.2, -0.15) is 0 Å². The molecule has 1 fully saturated rings. The second kappa shape index (κ2) is 9.41. The third-order valence-electron chi connectivity index (χ3n) is 5.44. The smallest absolute Gasteiger partial charge is 0.331 e. The number of nitrogens with zero attached hydrogens (tertiary/aromatic N) is 1. The lowest BCUT2D eigenvalue weighted by molar-refractivity contribution is -0.132. The Labute approximate surface area is 172 Å². The molecule has 5 heteroatoms. The maximum Gasteiger partial charge on any atom is 0.331 e. The number of benzene rings is 2. The highest BCUT2D eigenvalue weighted by Gasteiger charge is 2.18. The van der Waals surface area contributed by atoms with Crippen molar-refractivity contribution in [2.75, 3.05) is 11.9 Å². The number of hydrogen-bond acceptors (Lipinski definition) is 2. The summed E-state index contributed by atoms with van der Waals surface area (Å²) in [5.74, 6) is -0.920. The lowest BCUT2D eigenvalue weighted by Gasteiger charge is -2.26. The van der Waals surface area contributed by atoms with Crippen molar-refractivity contribution < 1.29 is 14.7 Å². The van der Waals surface area contributed by atoms with E-state index in [0.717, 1.165) is 35.2 Å². The molecule has 0 radical (unpaired) electrons. The molecule has 0 heterocycles. The van der Waals surface area contributed by atoms with Gasteiger partial charge >= 0.3 is 12.0 Å². The van der Waals surface area contributed by atoms with E-state index in [9.17, 15) is 9.59 Å². The maximum atomic E-state index is 12.6. The quantitative estimate of drug-likeness (QED) is 0.677. The topological polar surface area (TPSA) is 69.6 Å². The lowest BCUT2D eigenvalue weighted by atomic mass is 9.96. The third kappa shape index (κ3) is 5.47. The van der Waals surface area contributed by atoms with Gasteiger partial charge in [-0.05, 0) is 54.7 Å². The van der Waals surface area contributed by atoms with Crippen LogP contribution >= 0.6 is 0 Å². The lowest BCUT2D eigenvalue weighted by Crippen LogP contribution is -2.43. The average molecular weight is 392 g/mol.